The average molecular weight is 192 g/mol. The van der Waals surface area contributed by atoms with E-state index in [-0.39, 0.29) is 6.10 Å². The van der Waals surface area contributed by atoms with Gasteiger partial charge in [-0.2, -0.15) is 0 Å². The molecule has 14 heavy (non-hydrogen) atoms. The van der Waals surface area contributed by atoms with Crippen LogP contribution < -0.4 is 0 Å². The summed E-state index contributed by atoms with van der Waals surface area (Å²) in [5, 5.41) is 9.90. The Bertz CT molecular complexity index is 270. The van der Waals surface area contributed by atoms with E-state index in [0.29, 0.717) is 5.92 Å². The summed E-state index contributed by atoms with van der Waals surface area (Å²) in [6.45, 7) is 0. The minimum absolute atomic E-state index is 0.376. The summed E-state index contributed by atoms with van der Waals surface area (Å²) in [6.07, 6.45) is 10.6. The van der Waals surface area contributed by atoms with Crippen molar-refractivity contribution < 1.29 is 5.11 Å². The first-order valence-corrected chi connectivity index (χ1v) is 5.29. The molecule has 1 aromatic heterocycles. The predicted octanol–water partition coefficient (Wildman–Crippen LogP) is 2.09. The van der Waals surface area contributed by atoms with Crippen LogP contribution in [0, 0.1) is 5.92 Å². The molecule has 3 heteroatoms. The van der Waals surface area contributed by atoms with Crippen LogP contribution in [-0.4, -0.2) is 15.1 Å². The Morgan fingerprint density at radius 1 is 1.29 bits per heavy atom. The van der Waals surface area contributed by atoms with Crippen molar-refractivity contribution in [3.05, 3.63) is 24.3 Å². The van der Waals surface area contributed by atoms with E-state index in [4.69, 9.17) is 0 Å². The zero-order chi connectivity index (χ0) is 9.80. The maximum Gasteiger partial charge on any atom is 0.115 e. The van der Waals surface area contributed by atoms with Crippen LogP contribution in [0.4, 0.5) is 0 Å². The summed E-state index contributed by atoms with van der Waals surface area (Å²) in [4.78, 5) is 7.82. The molecule has 2 rings (SSSR count). The maximum absolute atomic E-state index is 9.90. The molecule has 1 aromatic rings. The van der Waals surface area contributed by atoms with Gasteiger partial charge in [-0.25, -0.2) is 9.97 Å². The summed E-state index contributed by atoms with van der Waals surface area (Å²) in [5.41, 5.74) is 0.847. The molecule has 76 valence electrons. The fourth-order valence-electron chi connectivity index (χ4n) is 2.18. The number of aliphatic hydroxyl groups is 1. The van der Waals surface area contributed by atoms with Crippen LogP contribution in [0.1, 0.15) is 43.8 Å². The Hall–Kier alpha value is -0.960. The molecule has 1 N–H and O–H groups in total. The normalized spacial score (nSPS) is 19.8. The predicted molar refractivity (Wildman–Crippen MR) is 53.6 cm³/mol. The van der Waals surface area contributed by atoms with Crippen LogP contribution >= 0.6 is 0 Å². The lowest BCUT2D eigenvalue weighted by Gasteiger charge is -2.14. The van der Waals surface area contributed by atoms with E-state index in [1.165, 1.54) is 32.0 Å². The van der Waals surface area contributed by atoms with Crippen molar-refractivity contribution in [3.63, 3.8) is 0 Å². The summed E-state index contributed by atoms with van der Waals surface area (Å²) >= 11 is 0. The second kappa shape index (κ2) is 4.51. The van der Waals surface area contributed by atoms with Crippen LogP contribution in [0.15, 0.2) is 18.7 Å². The van der Waals surface area contributed by atoms with Crippen molar-refractivity contribution in [3.8, 4) is 0 Å². The van der Waals surface area contributed by atoms with Crippen molar-refractivity contribution in [2.45, 2.75) is 38.2 Å². The van der Waals surface area contributed by atoms with Crippen molar-refractivity contribution in [1.82, 2.24) is 9.97 Å². The molecule has 0 bridgehead atoms. The van der Waals surface area contributed by atoms with Crippen molar-refractivity contribution in [2.24, 2.45) is 5.92 Å². The second-order valence-corrected chi connectivity index (χ2v) is 4.07. The smallest absolute Gasteiger partial charge is 0.115 e. The second-order valence-electron chi connectivity index (χ2n) is 4.07. The molecule has 1 aliphatic carbocycles. The topological polar surface area (TPSA) is 46.0 Å². The first-order chi connectivity index (χ1) is 6.86. The van der Waals surface area contributed by atoms with Crippen LogP contribution in [0.3, 0.4) is 0 Å². The van der Waals surface area contributed by atoms with Gasteiger partial charge in [-0.15, -0.1) is 0 Å². The minimum Gasteiger partial charge on any atom is -0.388 e. The molecule has 0 amide bonds. The van der Waals surface area contributed by atoms with E-state index in [1.807, 2.05) is 0 Å². The molecular formula is C11H16N2O. The molecule has 1 aliphatic rings. The average Bonchev–Trinajstić information content (AvgIpc) is 2.72. The lowest BCUT2D eigenvalue weighted by molar-refractivity contribution is 0.144. The first-order valence-electron chi connectivity index (χ1n) is 5.29. The van der Waals surface area contributed by atoms with Crippen LogP contribution in [-0.2, 0) is 0 Å². The van der Waals surface area contributed by atoms with Gasteiger partial charge in [0.15, 0.2) is 0 Å². The third-order valence-electron chi connectivity index (χ3n) is 3.00. The molecular weight excluding hydrogens is 176 g/mol. The molecule has 1 saturated carbocycles. The van der Waals surface area contributed by atoms with Gasteiger partial charge >= 0.3 is 0 Å². The van der Waals surface area contributed by atoms with Gasteiger partial charge in [-0.3, -0.25) is 0 Å². The first kappa shape index (κ1) is 9.59. The summed E-state index contributed by atoms with van der Waals surface area (Å²) < 4.78 is 0. The quantitative estimate of drug-likeness (QED) is 0.797. The fourth-order valence-corrected chi connectivity index (χ4v) is 2.18. The monoisotopic (exact) mass is 192 g/mol. The number of nitrogens with zero attached hydrogens (tertiary/aromatic N) is 2. The highest BCUT2D eigenvalue weighted by Crippen LogP contribution is 2.32. The lowest BCUT2D eigenvalue weighted by atomic mass is 9.97. The van der Waals surface area contributed by atoms with Gasteiger partial charge < -0.3 is 5.11 Å². The molecule has 1 heterocycles. The fraction of sp³-hybridized carbons (Fsp3) is 0.636. The third-order valence-corrected chi connectivity index (χ3v) is 3.00. The van der Waals surface area contributed by atoms with Crippen LogP contribution in [0.25, 0.3) is 0 Å². The highest BCUT2D eigenvalue weighted by molar-refractivity contribution is 5.06. The summed E-state index contributed by atoms with van der Waals surface area (Å²) in [5.74, 6) is 0.699. The zero-order valence-corrected chi connectivity index (χ0v) is 8.26. The standard InChI is InChI=1S/C11H16N2O/c14-11(5-9-3-1-2-4-9)10-6-12-8-13-7-10/h6-9,11,14H,1-5H2. The summed E-state index contributed by atoms with van der Waals surface area (Å²) in [7, 11) is 0. The molecule has 0 radical (unpaired) electrons. The molecule has 0 spiro atoms. The number of aromatic nitrogens is 2. The lowest BCUT2D eigenvalue weighted by Crippen LogP contribution is -2.04. The Kier molecular flexibility index (Phi) is 3.09. The van der Waals surface area contributed by atoms with E-state index >= 15 is 0 Å². The largest absolute Gasteiger partial charge is 0.388 e. The summed E-state index contributed by atoms with van der Waals surface area (Å²) in [6, 6.07) is 0. The van der Waals surface area contributed by atoms with Gasteiger partial charge in [0.25, 0.3) is 0 Å². The molecule has 0 aromatic carbocycles. The van der Waals surface area contributed by atoms with E-state index in [0.717, 1.165) is 12.0 Å². The number of aliphatic hydroxyl groups excluding tert-OH is 1. The van der Waals surface area contributed by atoms with E-state index in [1.54, 1.807) is 12.4 Å². The Morgan fingerprint density at radius 2 is 1.93 bits per heavy atom. The van der Waals surface area contributed by atoms with Crippen molar-refractivity contribution >= 4 is 0 Å². The van der Waals surface area contributed by atoms with E-state index in [9.17, 15) is 5.11 Å². The Labute approximate surface area is 84.2 Å². The van der Waals surface area contributed by atoms with Crippen LogP contribution in [0.2, 0.25) is 0 Å². The van der Waals surface area contributed by atoms with Gasteiger partial charge in [-0.1, -0.05) is 25.7 Å². The molecule has 1 unspecified atom stereocenters. The SMILES string of the molecule is OC(CC1CCCC1)c1cncnc1. The van der Waals surface area contributed by atoms with Gasteiger partial charge in [0, 0.05) is 18.0 Å². The molecule has 0 aliphatic heterocycles. The highest BCUT2D eigenvalue weighted by atomic mass is 16.3. The van der Waals surface area contributed by atoms with Gasteiger partial charge in [0.1, 0.15) is 6.33 Å². The highest BCUT2D eigenvalue weighted by Gasteiger charge is 2.19. The van der Waals surface area contributed by atoms with Gasteiger partial charge in [0.2, 0.25) is 0 Å². The van der Waals surface area contributed by atoms with E-state index in [2.05, 4.69) is 9.97 Å². The third kappa shape index (κ3) is 2.29. The van der Waals surface area contributed by atoms with Gasteiger partial charge in [-0.05, 0) is 12.3 Å². The van der Waals surface area contributed by atoms with Crippen LogP contribution in [0.5, 0.6) is 0 Å². The molecule has 1 fully saturated rings. The number of hydrogen-bond donors (Lipinski definition) is 1. The minimum atomic E-state index is -0.376. The Balaban J connectivity index is 1.92. The zero-order valence-electron chi connectivity index (χ0n) is 8.26. The van der Waals surface area contributed by atoms with Crippen molar-refractivity contribution in [1.29, 1.82) is 0 Å². The van der Waals surface area contributed by atoms with E-state index < -0.39 is 0 Å². The number of rotatable bonds is 3. The number of hydrogen-bond acceptors (Lipinski definition) is 3. The molecule has 3 nitrogen and oxygen atoms in total. The molecule has 1 atom stereocenters. The molecule has 0 saturated heterocycles. The maximum atomic E-state index is 9.90. The Morgan fingerprint density at radius 3 is 2.57 bits per heavy atom. The van der Waals surface area contributed by atoms with Crippen molar-refractivity contribution in [2.75, 3.05) is 0 Å². The van der Waals surface area contributed by atoms with Gasteiger partial charge in [0.05, 0.1) is 6.10 Å².